The molecule has 3 rings (SSSR count). The zero-order chi connectivity index (χ0) is 22.6. The first kappa shape index (κ1) is 22.3. The van der Waals surface area contributed by atoms with Crippen molar-refractivity contribution >= 4 is 38.9 Å². The number of nitrogens with zero attached hydrogens (tertiary/aromatic N) is 1. The number of hydrogen-bond donors (Lipinski definition) is 2. The Hall–Kier alpha value is -3.43. The molecule has 10 heteroatoms. The Morgan fingerprint density at radius 2 is 1.74 bits per heavy atom. The van der Waals surface area contributed by atoms with Gasteiger partial charge >= 0.3 is 0 Å². The SMILES string of the molecule is Cc1ccc(S(=O)(=O)Nc2ccc(C(=O)NCc3ccccc3Cl)cc2)cc1[N+](=O)[O-]. The van der Waals surface area contributed by atoms with Crippen molar-refractivity contribution in [3.63, 3.8) is 0 Å². The smallest absolute Gasteiger partial charge is 0.273 e. The normalized spacial score (nSPS) is 11.0. The van der Waals surface area contributed by atoms with Crippen LogP contribution in [0.4, 0.5) is 11.4 Å². The van der Waals surface area contributed by atoms with Crippen LogP contribution in [0.2, 0.25) is 5.02 Å². The summed E-state index contributed by atoms with van der Waals surface area (Å²) in [7, 11) is -4.04. The first-order valence-electron chi connectivity index (χ1n) is 9.07. The summed E-state index contributed by atoms with van der Waals surface area (Å²) in [4.78, 5) is 22.5. The molecule has 2 N–H and O–H groups in total. The van der Waals surface area contributed by atoms with Crippen LogP contribution >= 0.6 is 11.6 Å². The van der Waals surface area contributed by atoms with E-state index in [0.29, 0.717) is 16.1 Å². The van der Waals surface area contributed by atoms with Crippen LogP contribution in [0.15, 0.2) is 71.6 Å². The number of nitro groups is 1. The summed E-state index contributed by atoms with van der Waals surface area (Å²) in [6, 6.07) is 16.6. The summed E-state index contributed by atoms with van der Waals surface area (Å²) in [5.41, 5.74) is 1.39. The molecule has 0 heterocycles. The molecule has 8 nitrogen and oxygen atoms in total. The zero-order valence-electron chi connectivity index (χ0n) is 16.3. The van der Waals surface area contributed by atoms with Crippen molar-refractivity contribution in [2.75, 3.05) is 4.72 Å². The van der Waals surface area contributed by atoms with Crippen molar-refractivity contribution in [2.45, 2.75) is 18.4 Å². The van der Waals surface area contributed by atoms with Gasteiger partial charge < -0.3 is 5.32 Å². The summed E-state index contributed by atoms with van der Waals surface area (Å²) in [5, 5.41) is 14.4. The van der Waals surface area contributed by atoms with Gasteiger partial charge in [0.25, 0.3) is 21.6 Å². The molecule has 160 valence electrons. The predicted molar refractivity (Wildman–Crippen MR) is 118 cm³/mol. The molecule has 3 aromatic rings. The largest absolute Gasteiger partial charge is 0.348 e. The molecule has 0 aliphatic carbocycles. The Kier molecular flexibility index (Phi) is 6.57. The maximum atomic E-state index is 12.6. The Labute approximate surface area is 184 Å². The van der Waals surface area contributed by atoms with Crippen LogP contribution in [-0.2, 0) is 16.6 Å². The number of amides is 1. The van der Waals surface area contributed by atoms with Gasteiger partial charge in [0, 0.05) is 34.4 Å². The first-order valence-corrected chi connectivity index (χ1v) is 10.9. The highest BCUT2D eigenvalue weighted by Crippen LogP contribution is 2.24. The van der Waals surface area contributed by atoms with Crippen LogP contribution in [0.5, 0.6) is 0 Å². The topological polar surface area (TPSA) is 118 Å². The van der Waals surface area contributed by atoms with Crippen LogP contribution in [0.25, 0.3) is 0 Å². The molecular formula is C21H18ClN3O5S. The van der Waals surface area contributed by atoms with E-state index >= 15 is 0 Å². The third-order valence-corrected chi connectivity index (χ3v) is 6.23. The number of sulfonamides is 1. The Bertz CT molecular complexity index is 1240. The number of rotatable bonds is 7. The van der Waals surface area contributed by atoms with Gasteiger partial charge in [0.2, 0.25) is 0 Å². The number of hydrogen-bond acceptors (Lipinski definition) is 5. The highest BCUT2D eigenvalue weighted by Gasteiger charge is 2.20. The van der Waals surface area contributed by atoms with Crippen LogP contribution in [0, 0.1) is 17.0 Å². The molecule has 0 aliphatic rings. The minimum atomic E-state index is -4.04. The van der Waals surface area contributed by atoms with E-state index in [0.717, 1.165) is 11.6 Å². The average molecular weight is 460 g/mol. The van der Waals surface area contributed by atoms with Gasteiger partial charge in [-0.2, -0.15) is 0 Å². The van der Waals surface area contributed by atoms with E-state index in [1.807, 2.05) is 6.07 Å². The summed E-state index contributed by atoms with van der Waals surface area (Å²) in [6.07, 6.45) is 0. The van der Waals surface area contributed by atoms with Gasteiger partial charge in [-0.05, 0) is 48.9 Å². The first-order chi connectivity index (χ1) is 14.7. The molecule has 0 unspecified atom stereocenters. The maximum absolute atomic E-state index is 12.6. The average Bonchev–Trinajstić information content (AvgIpc) is 2.73. The van der Waals surface area contributed by atoms with Crippen LogP contribution < -0.4 is 10.0 Å². The highest BCUT2D eigenvalue weighted by atomic mass is 35.5. The second-order valence-electron chi connectivity index (χ2n) is 6.66. The third kappa shape index (κ3) is 5.39. The number of anilines is 1. The van der Waals surface area contributed by atoms with E-state index in [1.54, 1.807) is 18.2 Å². The van der Waals surface area contributed by atoms with Gasteiger partial charge in [0.15, 0.2) is 0 Å². The van der Waals surface area contributed by atoms with Crippen molar-refractivity contribution in [2.24, 2.45) is 0 Å². The quantitative estimate of drug-likeness (QED) is 0.403. The fourth-order valence-corrected chi connectivity index (χ4v) is 4.06. The zero-order valence-corrected chi connectivity index (χ0v) is 17.9. The molecule has 0 fully saturated rings. The number of carbonyl (C=O) groups is 1. The lowest BCUT2D eigenvalue weighted by atomic mass is 10.2. The van der Waals surface area contributed by atoms with Crippen LogP contribution in [0.1, 0.15) is 21.5 Å². The Morgan fingerprint density at radius 3 is 2.39 bits per heavy atom. The molecule has 0 bridgehead atoms. The van der Waals surface area contributed by atoms with E-state index in [-0.39, 0.29) is 28.7 Å². The minimum absolute atomic E-state index is 0.214. The second-order valence-corrected chi connectivity index (χ2v) is 8.75. The van der Waals surface area contributed by atoms with E-state index in [9.17, 15) is 23.3 Å². The molecule has 31 heavy (non-hydrogen) atoms. The predicted octanol–water partition coefficient (Wildman–Crippen LogP) is 4.29. The highest BCUT2D eigenvalue weighted by molar-refractivity contribution is 7.92. The molecule has 0 aromatic heterocycles. The molecule has 1 amide bonds. The number of aryl methyl sites for hydroxylation is 1. The standard InChI is InChI=1S/C21H18ClN3O5S/c1-14-6-11-18(12-20(14)25(27)28)31(29,30)24-17-9-7-15(8-10-17)21(26)23-13-16-4-2-3-5-19(16)22/h2-12,24H,13H2,1H3,(H,23,26). The van der Waals surface area contributed by atoms with Gasteiger partial charge in [-0.1, -0.05) is 35.9 Å². The summed E-state index contributed by atoms with van der Waals surface area (Å²) in [5.74, 6) is -0.344. The summed E-state index contributed by atoms with van der Waals surface area (Å²) >= 11 is 6.07. The third-order valence-electron chi connectivity index (χ3n) is 4.48. The van der Waals surface area contributed by atoms with Crippen molar-refractivity contribution in [1.29, 1.82) is 0 Å². The number of nitrogens with one attached hydrogen (secondary N) is 2. The van der Waals surface area contributed by atoms with E-state index < -0.39 is 14.9 Å². The minimum Gasteiger partial charge on any atom is -0.348 e. The van der Waals surface area contributed by atoms with Gasteiger partial charge in [-0.15, -0.1) is 0 Å². The van der Waals surface area contributed by atoms with E-state index in [1.165, 1.54) is 43.3 Å². The maximum Gasteiger partial charge on any atom is 0.273 e. The Morgan fingerprint density at radius 1 is 1.06 bits per heavy atom. The summed E-state index contributed by atoms with van der Waals surface area (Å²) in [6.45, 7) is 1.77. The fourth-order valence-electron chi connectivity index (χ4n) is 2.78. The lowest BCUT2D eigenvalue weighted by Crippen LogP contribution is -2.23. The van der Waals surface area contributed by atoms with E-state index in [2.05, 4.69) is 10.0 Å². The number of carbonyl (C=O) groups excluding carboxylic acids is 1. The van der Waals surface area contributed by atoms with Crippen LogP contribution in [0.3, 0.4) is 0 Å². The monoisotopic (exact) mass is 459 g/mol. The lowest BCUT2D eigenvalue weighted by Gasteiger charge is -2.10. The van der Waals surface area contributed by atoms with Gasteiger partial charge in [0.05, 0.1) is 9.82 Å². The van der Waals surface area contributed by atoms with Gasteiger partial charge in [-0.25, -0.2) is 8.42 Å². The molecule has 0 atom stereocenters. The number of halogens is 1. The summed E-state index contributed by atoms with van der Waals surface area (Å²) < 4.78 is 27.5. The molecule has 0 radical (unpaired) electrons. The molecular weight excluding hydrogens is 442 g/mol. The van der Waals surface area contributed by atoms with Crippen LogP contribution in [-0.4, -0.2) is 19.2 Å². The molecule has 3 aromatic carbocycles. The van der Waals surface area contributed by atoms with Crippen molar-refractivity contribution < 1.29 is 18.1 Å². The van der Waals surface area contributed by atoms with Gasteiger partial charge in [0.1, 0.15) is 0 Å². The van der Waals surface area contributed by atoms with E-state index in [4.69, 9.17) is 11.6 Å². The van der Waals surface area contributed by atoms with Crippen molar-refractivity contribution in [1.82, 2.24) is 5.32 Å². The number of benzene rings is 3. The Balaban J connectivity index is 1.70. The molecule has 0 saturated heterocycles. The molecule has 0 spiro atoms. The second kappa shape index (κ2) is 9.15. The van der Waals surface area contributed by atoms with Crippen molar-refractivity contribution in [3.05, 3.63) is 98.6 Å². The number of nitro benzene ring substituents is 1. The molecule has 0 saturated carbocycles. The fraction of sp³-hybridized carbons (Fsp3) is 0.0952. The lowest BCUT2D eigenvalue weighted by molar-refractivity contribution is -0.385. The van der Waals surface area contributed by atoms with Crippen molar-refractivity contribution in [3.8, 4) is 0 Å². The molecule has 0 aliphatic heterocycles. The van der Waals surface area contributed by atoms with Gasteiger partial charge in [-0.3, -0.25) is 19.6 Å².